The predicted molar refractivity (Wildman–Crippen MR) is 128 cm³/mol. The van der Waals surface area contributed by atoms with Crippen LogP contribution in [0.15, 0.2) is 81.7 Å². The van der Waals surface area contributed by atoms with Gasteiger partial charge in [-0.2, -0.15) is 13.7 Å². The number of halogens is 1. The number of hydrogen-bond acceptors (Lipinski definition) is 7. The Hall–Kier alpha value is -4.01. The summed E-state index contributed by atoms with van der Waals surface area (Å²) in [5.74, 6) is -0.737. The zero-order valence-electron chi connectivity index (χ0n) is 17.6. The summed E-state index contributed by atoms with van der Waals surface area (Å²) in [6.07, 6.45) is 1.29. The Morgan fingerprint density at radius 1 is 1.15 bits per heavy atom. The zero-order chi connectivity index (χ0) is 24.9. The molecule has 0 bridgehead atoms. The van der Waals surface area contributed by atoms with Crippen molar-refractivity contribution in [2.75, 3.05) is 5.32 Å². The van der Waals surface area contributed by atoms with Crippen molar-refractivity contribution in [2.24, 2.45) is 0 Å². The molecule has 3 aromatic carbocycles. The fraction of sp³-hybridized carbons (Fsp3) is 0.0435. The molecule has 0 fully saturated rings. The lowest BCUT2D eigenvalue weighted by molar-refractivity contribution is -0.384. The number of aryl methyl sites for hydroxylation is 1. The summed E-state index contributed by atoms with van der Waals surface area (Å²) in [5, 5.41) is 22.7. The molecule has 1 N–H and O–H groups in total. The largest absolute Gasteiger partial charge is 0.378 e. The average molecular weight is 542 g/mol. The Kier molecular flexibility index (Phi) is 7.45. The summed E-state index contributed by atoms with van der Waals surface area (Å²) in [5.41, 5.74) is 1.00. The Morgan fingerprint density at radius 3 is 2.47 bits per heavy atom. The summed E-state index contributed by atoms with van der Waals surface area (Å²) >= 11 is 3.24. The van der Waals surface area contributed by atoms with E-state index in [-0.39, 0.29) is 32.1 Å². The third kappa shape index (κ3) is 6.06. The van der Waals surface area contributed by atoms with Crippen molar-refractivity contribution in [3.05, 3.63) is 98.0 Å². The molecule has 0 saturated heterocycles. The van der Waals surface area contributed by atoms with Crippen molar-refractivity contribution in [1.82, 2.24) is 0 Å². The van der Waals surface area contributed by atoms with E-state index in [9.17, 15) is 28.6 Å². The minimum absolute atomic E-state index is 0.00133. The lowest BCUT2D eigenvalue weighted by Gasteiger charge is -2.10. The molecule has 11 heteroatoms. The Balaban J connectivity index is 1.79. The van der Waals surface area contributed by atoms with Gasteiger partial charge in [0.25, 0.3) is 11.6 Å². The van der Waals surface area contributed by atoms with Crippen LogP contribution in [-0.4, -0.2) is 19.2 Å². The summed E-state index contributed by atoms with van der Waals surface area (Å²) in [7, 11) is -4.06. The SMILES string of the molecule is Cc1ccc(S(=O)(=O)Oc2ccc(/C=C(\C#N)C(=O)Nc3cccc([N+](=O)[O-])c3)cc2Br)cc1. The highest BCUT2D eigenvalue weighted by molar-refractivity contribution is 9.10. The van der Waals surface area contributed by atoms with Crippen LogP contribution in [0.4, 0.5) is 11.4 Å². The number of nitro groups is 1. The number of nitriles is 1. The molecule has 0 radical (unpaired) electrons. The third-order valence-electron chi connectivity index (χ3n) is 4.46. The molecule has 0 aliphatic heterocycles. The maximum atomic E-state index is 12.5. The molecule has 1 amide bonds. The molecule has 3 aromatic rings. The van der Waals surface area contributed by atoms with E-state index in [1.807, 2.05) is 6.92 Å². The number of rotatable bonds is 7. The second-order valence-corrected chi connectivity index (χ2v) is 9.37. The maximum absolute atomic E-state index is 12.5. The molecule has 3 rings (SSSR count). The maximum Gasteiger partial charge on any atom is 0.339 e. The van der Waals surface area contributed by atoms with E-state index in [1.54, 1.807) is 18.2 Å². The molecular weight excluding hydrogens is 526 g/mol. The van der Waals surface area contributed by atoms with E-state index >= 15 is 0 Å². The summed E-state index contributed by atoms with van der Waals surface area (Å²) in [6.45, 7) is 1.83. The van der Waals surface area contributed by atoms with Gasteiger partial charge in [-0.25, -0.2) is 0 Å². The minimum atomic E-state index is -4.06. The van der Waals surface area contributed by atoms with E-state index in [0.717, 1.165) is 5.56 Å². The highest BCUT2D eigenvalue weighted by Crippen LogP contribution is 2.30. The van der Waals surface area contributed by atoms with Crippen LogP contribution in [0.2, 0.25) is 0 Å². The van der Waals surface area contributed by atoms with E-state index in [4.69, 9.17) is 4.18 Å². The topological polar surface area (TPSA) is 139 Å². The highest BCUT2D eigenvalue weighted by atomic mass is 79.9. The first-order valence-corrected chi connectivity index (χ1v) is 11.8. The number of carbonyl (C=O) groups excluding carboxylic acids is 1. The Labute approximate surface area is 203 Å². The van der Waals surface area contributed by atoms with Crippen molar-refractivity contribution in [3.8, 4) is 11.8 Å². The predicted octanol–water partition coefficient (Wildman–Crippen LogP) is 4.98. The second-order valence-electron chi connectivity index (χ2n) is 6.97. The van der Waals surface area contributed by atoms with Gasteiger partial charge in [0.2, 0.25) is 0 Å². The lowest BCUT2D eigenvalue weighted by Crippen LogP contribution is -2.13. The van der Waals surface area contributed by atoms with E-state index in [1.165, 1.54) is 60.7 Å². The number of non-ortho nitro benzene ring substituents is 1. The highest BCUT2D eigenvalue weighted by Gasteiger charge is 2.18. The third-order valence-corrected chi connectivity index (χ3v) is 6.32. The number of nitrogens with zero attached hydrogens (tertiary/aromatic N) is 2. The normalized spacial score (nSPS) is 11.4. The molecule has 9 nitrogen and oxygen atoms in total. The van der Waals surface area contributed by atoms with Gasteiger partial charge in [0.05, 0.1) is 9.40 Å². The second kappa shape index (κ2) is 10.3. The van der Waals surface area contributed by atoms with E-state index in [0.29, 0.717) is 5.56 Å². The van der Waals surface area contributed by atoms with Gasteiger partial charge in [-0.1, -0.05) is 29.8 Å². The van der Waals surface area contributed by atoms with Crippen LogP contribution in [-0.2, 0) is 14.9 Å². The molecule has 0 aliphatic rings. The Bertz CT molecular complexity index is 1440. The van der Waals surface area contributed by atoms with Crippen molar-refractivity contribution >= 4 is 49.4 Å². The van der Waals surface area contributed by atoms with Crippen LogP contribution in [0.25, 0.3) is 6.08 Å². The lowest BCUT2D eigenvalue weighted by atomic mass is 10.1. The van der Waals surface area contributed by atoms with E-state index < -0.39 is 20.9 Å². The van der Waals surface area contributed by atoms with Gasteiger partial charge in [-0.15, -0.1) is 0 Å². The first-order valence-electron chi connectivity index (χ1n) is 9.57. The van der Waals surface area contributed by atoms with E-state index in [2.05, 4.69) is 21.2 Å². The zero-order valence-corrected chi connectivity index (χ0v) is 20.0. The standard InChI is InChI=1S/C23H16BrN3O6S/c1-15-5-8-20(9-6-15)34(31,32)33-22-10-7-16(12-21(22)24)11-17(14-25)23(28)26-18-3-2-4-19(13-18)27(29)30/h2-13H,1H3,(H,26,28)/b17-11+. The van der Waals surface area contributed by atoms with Gasteiger partial charge >= 0.3 is 10.1 Å². The number of hydrogen-bond donors (Lipinski definition) is 1. The smallest absolute Gasteiger partial charge is 0.339 e. The average Bonchev–Trinajstić information content (AvgIpc) is 2.79. The van der Waals surface area contributed by atoms with Crippen LogP contribution in [0, 0.1) is 28.4 Å². The van der Waals surface area contributed by atoms with Crippen LogP contribution in [0.3, 0.4) is 0 Å². The molecule has 0 heterocycles. The van der Waals surface area contributed by atoms with Crippen LogP contribution in [0.5, 0.6) is 5.75 Å². The minimum Gasteiger partial charge on any atom is -0.378 e. The van der Waals surface area contributed by atoms with Crippen LogP contribution in [0.1, 0.15) is 11.1 Å². The quantitative estimate of drug-likeness (QED) is 0.146. The summed E-state index contributed by atoms with van der Waals surface area (Å²) < 4.78 is 30.5. The van der Waals surface area contributed by atoms with Crippen molar-refractivity contribution in [1.29, 1.82) is 5.26 Å². The van der Waals surface area contributed by atoms with Gasteiger partial charge in [0.15, 0.2) is 5.75 Å². The number of anilines is 1. The van der Waals surface area contributed by atoms with Gasteiger partial charge < -0.3 is 9.50 Å². The molecule has 0 aromatic heterocycles. The Morgan fingerprint density at radius 2 is 1.85 bits per heavy atom. The molecule has 34 heavy (non-hydrogen) atoms. The van der Waals surface area contributed by atoms with Gasteiger partial charge in [-0.3, -0.25) is 14.9 Å². The summed E-state index contributed by atoms with van der Waals surface area (Å²) in [6, 6.07) is 17.6. The monoisotopic (exact) mass is 541 g/mol. The van der Waals surface area contributed by atoms with Gasteiger partial charge in [0.1, 0.15) is 16.5 Å². The fourth-order valence-corrected chi connectivity index (χ4v) is 4.29. The molecular formula is C23H16BrN3O6S. The summed E-state index contributed by atoms with van der Waals surface area (Å²) in [4.78, 5) is 22.7. The molecule has 0 spiro atoms. The van der Waals surface area contributed by atoms with Crippen LogP contribution < -0.4 is 9.50 Å². The number of carbonyl (C=O) groups is 1. The fourth-order valence-electron chi connectivity index (χ4n) is 2.76. The van der Waals surface area contributed by atoms with Crippen molar-refractivity contribution in [3.63, 3.8) is 0 Å². The number of nitro benzene ring substituents is 1. The van der Waals surface area contributed by atoms with Crippen molar-refractivity contribution in [2.45, 2.75) is 11.8 Å². The molecule has 0 aliphatic carbocycles. The first kappa shape index (κ1) is 24.6. The number of amides is 1. The first-order chi connectivity index (χ1) is 16.1. The van der Waals surface area contributed by atoms with Gasteiger partial charge in [0, 0.05) is 17.8 Å². The van der Waals surface area contributed by atoms with Crippen molar-refractivity contribution < 1.29 is 22.3 Å². The van der Waals surface area contributed by atoms with Crippen LogP contribution >= 0.6 is 15.9 Å². The molecule has 0 unspecified atom stereocenters. The van der Waals surface area contributed by atoms with Gasteiger partial charge in [-0.05, 0) is 64.8 Å². The number of nitrogens with one attached hydrogen (secondary N) is 1. The number of benzene rings is 3. The molecule has 0 atom stereocenters. The molecule has 0 saturated carbocycles. The molecule has 172 valence electrons.